The van der Waals surface area contributed by atoms with Crippen LogP contribution in [0.2, 0.25) is 0 Å². The average Bonchev–Trinajstić information content (AvgIpc) is 3.04. The number of alkyl halides is 3. The van der Waals surface area contributed by atoms with Gasteiger partial charge in [-0.3, -0.25) is 15.1 Å². The Bertz CT molecular complexity index is 969. The molecule has 0 unspecified atom stereocenters. The van der Waals surface area contributed by atoms with E-state index in [1.807, 2.05) is 30.5 Å². The number of fused-ring (bicyclic) bond motifs is 1. The highest BCUT2D eigenvalue weighted by atomic mass is 19.4. The van der Waals surface area contributed by atoms with E-state index in [1.165, 1.54) is 12.1 Å². The number of rotatable bonds is 6. The molecule has 1 fully saturated rings. The topological polar surface area (TPSA) is 65.9 Å². The third-order valence-corrected chi connectivity index (χ3v) is 5.91. The van der Waals surface area contributed by atoms with Crippen molar-refractivity contribution < 1.29 is 22.7 Å². The van der Waals surface area contributed by atoms with Crippen LogP contribution in [0.25, 0.3) is 0 Å². The summed E-state index contributed by atoms with van der Waals surface area (Å²) in [7, 11) is 3.86. The standard InChI is InChI=1S/C21H27F3N6O2/c1-4-17-19(30-10-9-27(2)13-18(30)25-17)20(31)26-28(3)15-11-29(12-15)14-5-7-16(8-6-14)32-21(22,23)24/h5-8,15H,4,9-13H2,1-3H3,(H,26,31). The summed E-state index contributed by atoms with van der Waals surface area (Å²) >= 11 is 0. The number of carbonyl (C=O) groups is 1. The fourth-order valence-corrected chi connectivity index (χ4v) is 4.08. The minimum atomic E-state index is -4.70. The third-order valence-electron chi connectivity index (χ3n) is 5.91. The van der Waals surface area contributed by atoms with E-state index in [9.17, 15) is 18.0 Å². The molecule has 1 aromatic carbocycles. The molecule has 1 saturated heterocycles. The highest BCUT2D eigenvalue weighted by Crippen LogP contribution is 2.28. The first kappa shape index (κ1) is 22.4. The van der Waals surface area contributed by atoms with Crippen LogP contribution in [0.15, 0.2) is 24.3 Å². The number of carbonyl (C=O) groups excluding carboxylic acids is 1. The van der Waals surface area contributed by atoms with Crippen LogP contribution < -0.4 is 15.1 Å². The monoisotopic (exact) mass is 452 g/mol. The minimum absolute atomic E-state index is 0.0880. The van der Waals surface area contributed by atoms with Crippen LogP contribution in [0.1, 0.15) is 28.9 Å². The van der Waals surface area contributed by atoms with Gasteiger partial charge in [-0.15, -0.1) is 13.2 Å². The number of anilines is 1. The second-order valence-corrected chi connectivity index (χ2v) is 8.22. The van der Waals surface area contributed by atoms with E-state index in [4.69, 9.17) is 0 Å². The summed E-state index contributed by atoms with van der Waals surface area (Å²) in [4.78, 5) is 21.9. The molecule has 2 aliphatic rings. The van der Waals surface area contributed by atoms with E-state index in [2.05, 4.69) is 20.0 Å². The number of amides is 1. The molecule has 2 aromatic rings. The molecule has 32 heavy (non-hydrogen) atoms. The molecule has 0 saturated carbocycles. The molecule has 1 aromatic heterocycles. The molecule has 0 atom stereocenters. The molecular formula is C21H27F3N6O2. The SMILES string of the molecule is CCc1nc2n(c1C(=O)NN(C)C1CN(c3ccc(OC(F)(F)F)cc3)C1)CCN(C)C2. The maximum atomic E-state index is 13.1. The number of ether oxygens (including phenoxy) is 1. The van der Waals surface area contributed by atoms with Crippen LogP contribution in [0.4, 0.5) is 18.9 Å². The van der Waals surface area contributed by atoms with Gasteiger partial charge in [-0.2, -0.15) is 0 Å². The van der Waals surface area contributed by atoms with Gasteiger partial charge in [0.25, 0.3) is 5.91 Å². The summed E-state index contributed by atoms with van der Waals surface area (Å²) in [6.45, 7) is 5.61. The molecule has 11 heteroatoms. The number of nitrogens with zero attached hydrogens (tertiary/aromatic N) is 5. The van der Waals surface area contributed by atoms with E-state index in [1.54, 1.807) is 17.1 Å². The van der Waals surface area contributed by atoms with Crippen LogP contribution in [-0.4, -0.2) is 71.5 Å². The first-order valence-electron chi connectivity index (χ1n) is 10.6. The van der Waals surface area contributed by atoms with Gasteiger partial charge < -0.3 is 14.2 Å². The van der Waals surface area contributed by atoms with Crippen molar-refractivity contribution >= 4 is 11.6 Å². The van der Waals surface area contributed by atoms with Gasteiger partial charge in [0, 0.05) is 38.9 Å². The molecule has 1 amide bonds. The van der Waals surface area contributed by atoms with Gasteiger partial charge in [-0.1, -0.05) is 6.92 Å². The summed E-state index contributed by atoms with van der Waals surface area (Å²) in [5.41, 5.74) is 5.21. The summed E-state index contributed by atoms with van der Waals surface area (Å²) < 4.78 is 42.8. The lowest BCUT2D eigenvalue weighted by Gasteiger charge is -2.45. The van der Waals surface area contributed by atoms with E-state index >= 15 is 0 Å². The lowest BCUT2D eigenvalue weighted by atomic mass is 10.1. The maximum absolute atomic E-state index is 13.1. The van der Waals surface area contributed by atoms with E-state index in [0.29, 0.717) is 25.2 Å². The van der Waals surface area contributed by atoms with Crippen LogP contribution in [0.5, 0.6) is 5.75 Å². The zero-order chi connectivity index (χ0) is 23.0. The number of hydrazine groups is 1. The molecular weight excluding hydrogens is 425 g/mol. The summed E-state index contributed by atoms with van der Waals surface area (Å²) in [5.74, 6) is 0.501. The van der Waals surface area contributed by atoms with Crippen molar-refractivity contribution in [1.82, 2.24) is 24.9 Å². The number of aryl methyl sites for hydroxylation is 1. The summed E-state index contributed by atoms with van der Waals surface area (Å²) in [6.07, 6.45) is -4.02. The van der Waals surface area contributed by atoms with Crippen LogP contribution in [0.3, 0.4) is 0 Å². The van der Waals surface area contributed by atoms with Gasteiger partial charge in [-0.25, -0.2) is 9.99 Å². The van der Waals surface area contributed by atoms with E-state index in [0.717, 1.165) is 36.8 Å². The molecule has 0 spiro atoms. The Kier molecular flexibility index (Phi) is 6.04. The van der Waals surface area contributed by atoms with Crippen molar-refractivity contribution in [3.05, 3.63) is 41.5 Å². The molecule has 3 heterocycles. The number of nitrogens with one attached hydrogen (secondary N) is 1. The number of aromatic nitrogens is 2. The molecule has 0 bridgehead atoms. The highest BCUT2D eigenvalue weighted by molar-refractivity contribution is 5.93. The van der Waals surface area contributed by atoms with E-state index in [-0.39, 0.29) is 17.7 Å². The Balaban J connectivity index is 1.34. The van der Waals surface area contributed by atoms with Gasteiger partial charge in [0.05, 0.1) is 18.3 Å². The fourth-order valence-electron chi connectivity index (χ4n) is 4.08. The third kappa shape index (κ3) is 4.68. The molecule has 174 valence electrons. The van der Waals surface area contributed by atoms with Gasteiger partial charge in [0.15, 0.2) is 0 Å². The normalized spacial score (nSPS) is 17.3. The zero-order valence-electron chi connectivity index (χ0n) is 18.3. The number of likely N-dealkylation sites (N-methyl/N-ethyl adjacent to an activating group) is 2. The van der Waals surface area contributed by atoms with Crippen molar-refractivity contribution in [2.75, 3.05) is 38.6 Å². The number of hydrogen-bond acceptors (Lipinski definition) is 6. The van der Waals surface area contributed by atoms with Crippen molar-refractivity contribution in [3.63, 3.8) is 0 Å². The lowest BCUT2D eigenvalue weighted by Crippen LogP contribution is -2.62. The highest BCUT2D eigenvalue weighted by Gasteiger charge is 2.34. The van der Waals surface area contributed by atoms with Gasteiger partial charge in [-0.05, 0) is 37.7 Å². The number of halogens is 3. The van der Waals surface area contributed by atoms with Gasteiger partial charge in [0.1, 0.15) is 17.3 Å². The Hall–Kier alpha value is -2.79. The lowest BCUT2D eigenvalue weighted by molar-refractivity contribution is -0.274. The van der Waals surface area contributed by atoms with Crippen molar-refractivity contribution in [2.45, 2.75) is 38.8 Å². The molecule has 4 rings (SSSR count). The smallest absolute Gasteiger partial charge is 0.406 e. The minimum Gasteiger partial charge on any atom is -0.406 e. The van der Waals surface area contributed by atoms with Crippen LogP contribution in [-0.2, 0) is 19.5 Å². The summed E-state index contributed by atoms with van der Waals surface area (Å²) in [5, 5.41) is 1.80. The molecule has 8 nitrogen and oxygen atoms in total. The number of imidazole rings is 1. The second-order valence-electron chi connectivity index (χ2n) is 8.22. The molecule has 0 radical (unpaired) electrons. The Morgan fingerprint density at radius 2 is 1.94 bits per heavy atom. The average molecular weight is 452 g/mol. The molecule has 2 aliphatic heterocycles. The van der Waals surface area contributed by atoms with Gasteiger partial charge in [0.2, 0.25) is 0 Å². The Labute approximate surface area is 184 Å². The fraction of sp³-hybridized carbons (Fsp3) is 0.524. The summed E-state index contributed by atoms with van der Waals surface area (Å²) in [6, 6.07) is 5.88. The van der Waals surface area contributed by atoms with Crippen LogP contribution >= 0.6 is 0 Å². The predicted molar refractivity (Wildman–Crippen MR) is 112 cm³/mol. The number of hydrogen-bond donors (Lipinski definition) is 1. The van der Waals surface area contributed by atoms with Gasteiger partial charge >= 0.3 is 6.36 Å². The number of benzene rings is 1. The molecule has 1 N–H and O–H groups in total. The maximum Gasteiger partial charge on any atom is 0.573 e. The predicted octanol–water partition coefficient (Wildman–Crippen LogP) is 2.25. The van der Waals surface area contributed by atoms with Crippen LogP contribution in [0, 0.1) is 0 Å². The van der Waals surface area contributed by atoms with E-state index < -0.39 is 6.36 Å². The molecule has 0 aliphatic carbocycles. The zero-order valence-corrected chi connectivity index (χ0v) is 18.3. The van der Waals surface area contributed by atoms with Crippen molar-refractivity contribution in [3.8, 4) is 5.75 Å². The Morgan fingerprint density at radius 3 is 2.56 bits per heavy atom. The second kappa shape index (κ2) is 8.62. The largest absolute Gasteiger partial charge is 0.573 e. The van der Waals surface area contributed by atoms with Crippen molar-refractivity contribution in [1.29, 1.82) is 0 Å². The van der Waals surface area contributed by atoms with Crippen molar-refractivity contribution in [2.24, 2.45) is 0 Å². The quantitative estimate of drug-likeness (QED) is 0.679. The Morgan fingerprint density at radius 1 is 1.25 bits per heavy atom. The first-order valence-corrected chi connectivity index (χ1v) is 10.6. The first-order chi connectivity index (χ1) is 15.1.